The van der Waals surface area contributed by atoms with Crippen LogP contribution in [0.25, 0.3) is 11.1 Å². The van der Waals surface area contributed by atoms with E-state index in [0.717, 1.165) is 5.56 Å². The van der Waals surface area contributed by atoms with Gasteiger partial charge in [-0.15, -0.1) is 12.4 Å². The Morgan fingerprint density at radius 2 is 1.96 bits per heavy atom. The number of carboxylic acid groups (broad SMARTS) is 1. The summed E-state index contributed by atoms with van der Waals surface area (Å²) in [6, 6.07) is 11.7. The molecule has 2 rings (SSSR count). The molecule has 0 aromatic heterocycles. The highest BCUT2D eigenvalue weighted by molar-refractivity contribution is 7.38. The van der Waals surface area contributed by atoms with Crippen molar-refractivity contribution in [2.75, 3.05) is 12.7 Å². The number of hydrogen-bond acceptors (Lipinski definition) is 3. The lowest BCUT2D eigenvalue weighted by molar-refractivity contribution is 0.0697. The highest BCUT2D eigenvalue weighted by atomic mass is 35.5. The van der Waals surface area contributed by atoms with E-state index in [2.05, 4.69) is 0 Å². The van der Waals surface area contributed by atoms with Crippen LogP contribution in [0.1, 0.15) is 21.8 Å². The number of nitrogens with two attached hydrogens (primary N) is 1. The second-order valence-corrected chi connectivity index (χ2v) is 6.76. The Hall–Kier alpha value is -1.36. The monoisotopic (exact) mass is 389 g/mol. The summed E-state index contributed by atoms with van der Waals surface area (Å²) in [5, 5.41) is 9.57. The molecule has 0 fully saturated rings. The van der Waals surface area contributed by atoms with Crippen molar-refractivity contribution in [1.82, 2.24) is 0 Å². The molecule has 2 unspecified atom stereocenters. The summed E-state index contributed by atoms with van der Waals surface area (Å²) in [7, 11) is -2.64. The molecule has 4 N–H and O–H groups in total. The van der Waals surface area contributed by atoms with Crippen LogP contribution < -0.4 is 5.73 Å². The first-order valence-electron chi connectivity index (χ1n) is 6.97. The van der Waals surface area contributed by atoms with Crippen molar-refractivity contribution in [2.45, 2.75) is 5.92 Å². The van der Waals surface area contributed by atoms with Crippen molar-refractivity contribution < 1.29 is 19.4 Å². The van der Waals surface area contributed by atoms with Crippen molar-refractivity contribution >= 4 is 38.0 Å². The number of halogens is 2. The lowest BCUT2D eigenvalue weighted by Crippen LogP contribution is -2.14. The molecule has 0 heterocycles. The van der Waals surface area contributed by atoms with Gasteiger partial charge in [-0.05, 0) is 41.9 Å². The van der Waals surface area contributed by atoms with Crippen molar-refractivity contribution in [2.24, 2.45) is 5.73 Å². The molecule has 0 bridgehead atoms. The van der Waals surface area contributed by atoms with E-state index < -0.39 is 14.0 Å². The van der Waals surface area contributed by atoms with Crippen LogP contribution in [0.15, 0.2) is 42.5 Å². The second-order valence-electron chi connectivity index (χ2n) is 5.16. The maximum Gasteiger partial charge on any atom is 0.335 e. The molecule has 0 aliphatic rings. The van der Waals surface area contributed by atoms with Crippen LogP contribution in [-0.2, 0) is 4.57 Å². The van der Waals surface area contributed by atoms with E-state index >= 15 is 0 Å². The predicted molar refractivity (Wildman–Crippen MR) is 99.0 cm³/mol. The molecular weight excluding hydrogens is 372 g/mol. The van der Waals surface area contributed by atoms with Gasteiger partial charge < -0.3 is 15.7 Å². The summed E-state index contributed by atoms with van der Waals surface area (Å²) >= 11 is 6.23. The molecule has 0 radical (unpaired) electrons. The van der Waals surface area contributed by atoms with Crippen LogP contribution >= 0.6 is 32.0 Å². The highest BCUT2D eigenvalue weighted by Crippen LogP contribution is 2.33. The fraction of sp³-hybridized carbons (Fsp3) is 0.188. The molecule has 0 aliphatic carbocycles. The number of benzene rings is 2. The maximum absolute atomic E-state index is 11.1. The van der Waals surface area contributed by atoms with Crippen molar-refractivity contribution in [1.29, 1.82) is 0 Å². The van der Waals surface area contributed by atoms with E-state index in [1.807, 2.05) is 0 Å². The van der Waals surface area contributed by atoms with Gasteiger partial charge in [0.15, 0.2) is 8.03 Å². The Labute approximate surface area is 151 Å². The van der Waals surface area contributed by atoms with Gasteiger partial charge >= 0.3 is 5.97 Å². The normalized spacial score (nSPS) is 13.0. The van der Waals surface area contributed by atoms with Gasteiger partial charge in [0.2, 0.25) is 0 Å². The zero-order chi connectivity index (χ0) is 17.0. The largest absolute Gasteiger partial charge is 0.478 e. The van der Waals surface area contributed by atoms with E-state index in [-0.39, 0.29) is 36.6 Å². The minimum Gasteiger partial charge on any atom is -0.478 e. The Morgan fingerprint density at radius 3 is 2.54 bits per heavy atom. The van der Waals surface area contributed by atoms with Crippen molar-refractivity contribution in [3.05, 3.63) is 58.6 Å². The minimum absolute atomic E-state index is 0. The predicted octanol–water partition coefficient (Wildman–Crippen LogP) is 3.64. The van der Waals surface area contributed by atoms with E-state index in [1.54, 1.807) is 36.4 Å². The molecular formula is C16H18Cl2NO4P. The van der Waals surface area contributed by atoms with Gasteiger partial charge in [0.1, 0.15) is 0 Å². The van der Waals surface area contributed by atoms with Gasteiger partial charge in [0.05, 0.1) is 5.56 Å². The molecule has 2 atom stereocenters. The standard InChI is InChI=1S/C16H17ClNO4P.ClH/c17-15-5-4-10(13(8-18)9-23(21)22)7-14(15)11-2-1-3-12(6-11)16(19)20;/h1-7,13,23H,8-9,18H2,(H,19,20)(H,21,22);1H. The van der Waals surface area contributed by atoms with E-state index in [1.165, 1.54) is 6.07 Å². The van der Waals surface area contributed by atoms with Crippen LogP contribution in [-0.4, -0.2) is 28.7 Å². The smallest absolute Gasteiger partial charge is 0.335 e. The molecule has 0 saturated heterocycles. The summed E-state index contributed by atoms with van der Waals surface area (Å²) in [5.41, 5.74) is 8.01. The molecule has 5 nitrogen and oxygen atoms in total. The topological polar surface area (TPSA) is 101 Å². The molecule has 0 spiro atoms. The molecule has 24 heavy (non-hydrogen) atoms. The summed E-state index contributed by atoms with van der Waals surface area (Å²) < 4.78 is 11.1. The fourth-order valence-corrected chi connectivity index (χ4v) is 3.44. The van der Waals surface area contributed by atoms with Gasteiger partial charge in [-0.2, -0.15) is 0 Å². The number of carbonyl (C=O) groups is 1. The maximum atomic E-state index is 11.1. The molecule has 0 amide bonds. The molecule has 0 saturated carbocycles. The van der Waals surface area contributed by atoms with Gasteiger partial charge in [0, 0.05) is 22.7 Å². The van der Waals surface area contributed by atoms with E-state index in [9.17, 15) is 9.36 Å². The average Bonchev–Trinajstić information content (AvgIpc) is 2.53. The summed E-state index contributed by atoms with van der Waals surface area (Å²) in [5.74, 6) is -1.26. The molecule has 0 aliphatic heterocycles. The third-order valence-electron chi connectivity index (χ3n) is 3.59. The quantitative estimate of drug-likeness (QED) is 0.654. The van der Waals surface area contributed by atoms with Crippen molar-refractivity contribution in [3.63, 3.8) is 0 Å². The Bertz CT molecular complexity index is 755. The van der Waals surface area contributed by atoms with Gasteiger partial charge in [-0.3, -0.25) is 4.57 Å². The molecule has 130 valence electrons. The number of rotatable bonds is 6. The first-order valence-corrected chi connectivity index (χ1v) is 8.91. The van der Waals surface area contributed by atoms with Crippen LogP contribution in [0.3, 0.4) is 0 Å². The highest BCUT2D eigenvalue weighted by Gasteiger charge is 2.15. The van der Waals surface area contributed by atoms with Crippen LogP contribution in [0, 0.1) is 0 Å². The number of aromatic carboxylic acids is 1. The Kier molecular flexibility index (Phi) is 7.94. The fourth-order valence-electron chi connectivity index (χ4n) is 2.39. The van der Waals surface area contributed by atoms with Crippen LogP contribution in [0.2, 0.25) is 5.02 Å². The number of hydrogen-bond donors (Lipinski definition) is 3. The Morgan fingerprint density at radius 1 is 1.25 bits per heavy atom. The zero-order valence-corrected chi connectivity index (χ0v) is 15.2. The third kappa shape index (κ3) is 5.07. The van der Waals surface area contributed by atoms with Gasteiger partial charge in [-0.25, -0.2) is 4.79 Å². The molecule has 2 aromatic carbocycles. The summed E-state index contributed by atoms with van der Waals surface area (Å²) in [4.78, 5) is 20.3. The van der Waals surface area contributed by atoms with Crippen LogP contribution in [0.5, 0.6) is 0 Å². The van der Waals surface area contributed by atoms with Crippen molar-refractivity contribution in [3.8, 4) is 11.1 Å². The second kappa shape index (κ2) is 9.21. The molecule has 2 aromatic rings. The third-order valence-corrected chi connectivity index (χ3v) is 4.76. The summed E-state index contributed by atoms with van der Waals surface area (Å²) in [6.07, 6.45) is 0.109. The van der Waals surface area contributed by atoms with Gasteiger partial charge in [0.25, 0.3) is 0 Å². The minimum atomic E-state index is -2.64. The first kappa shape index (κ1) is 20.7. The lowest BCUT2D eigenvalue weighted by atomic mass is 9.95. The lowest BCUT2D eigenvalue weighted by Gasteiger charge is -2.16. The zero-order valence-electron chi connectivity index (χ0n) is 12.6. The molecule has 8 heteroatoms. The summed E-state index contributed by atoms with van der Waals surface area (Å²) in [6.45, 7) is 0.243. The van der Waals surface area contributed by atoms with Gasteiger partial charge in [-0.1, -0.05) is 29.8 Å². The average molecular weight is 390 g/mol. The van der Waals surface area contributed by atoms with E-state index in [4.69, 9.17) is 27.3 Å². The Balaban J connectivity index is 0.00000288. The van der Waals surface area contributed by atoms with E-state index in [0.29, 0.717) is 16.1 Å². The SMILES string of the molecule is Cl.NCC(C[PH](=O)O)c1ccc(Cl)c(-c2cccc(C(=O)O)c2)c1. The van der Waals surface area contributed by atoms with Crippen LogP contribution in [0.4, 0.5) is 0 Å². The number of carboxylic acids is 1. The first-order chi connectivity index (χ1) is 10.9.